The first-order chi connectivity index (χ1) is 13.6. The van der Waals surface area contributed by atoms with E-state index in [1.165, 1.54) is 25.7 Å². The lowest BCUT2D eigenvalue weighted by atomic mass is 9.97. The van der Waals surface area contributed by atoms with Crippen molar-refractivity contribution in [1.82, 2.24) is 15.4 Å². The van der Waals surface area contributed by atoms with Crippen molar-refractivity contribution in [1.29, 1.82) is 0 Å². The molecule has 2 aliphatic carbocycles. The Balaban J connectivity index is 1.52. The van der Waals surface area contributed by atoms with Crippen LogP contribution >= 0.6 is 0 Å². The van der Waals surface area contributed by atoms with Crippen molar-refractivity contribution in [3.8, 4) is 0 Å². The monoisotopic (exact) mass is 404 g/mol. The van der Waals surface area contributed by atoms with Gasteiger partial charge in [-0.3, -0.25) is 0 Å². The Hall–Kier alpha value is -1.86. The SMILES string of the molecule is CCNC(=NCc1ccc(S(=O)(=O)NC2CC2)cc1)NCCC1=CCCCC1. The maximum Gasteiger partial charge on any atom is 0.240 e. The summed E-state index contributed by atoms with van der Waals surface area (Å²) in [5.41, 5.74) is 2.53. The standard InChI is InChI=1S/C21H32N4O2S/c1-2-22-21(23-15-14-17-6-4-3-5-7-17)24-16-18-8-12-20(13-9-18)28(26,27)25-19-10-11-19/h6,8-9,12-13,19,25H,2-5,7,10-11,14-16H2,1H3,(H2,22,23,24). The van der Waals surface area contributed by atoms with Crippen LogP contribution in [0.25, 0.3) is 0 Å². The van der Waals surface area contributed by atoms with Gasteiger partial charge in [0.15, 0.2) is 5.96 Å². The van der Waals surface area contributed by atoms with E-state index in [9.17, 15) is 8.42 Å². The highest BCUT2D eigenvalue weighted by Gasteiger charge is 2.27. The number of sulfonamides is 1. The number of nitrogens with zero attached hydrogens (tertiary/aromatic N) is 1. The first-order valence-electron chi connectivity index (χ1n) is 10.4. The molecule has 28 heavy (non-hydrogen) atoms. The van der Waals surface area contributed by atoms with Crippen molar-refractivity contribution >= 4 is 16.0 Å². The molecule has 1 fully saturated rings. The van der Waals surface area contributed by atoms with E-state index in [4.69, 9.17) is 0 Å². The molecule has 154 valence electrons. The van der Waals surface area contributed by atoms with Crippen LogP contribution < -0.4 is 15.4 Å². The Morgan fingerprint density at radius 1 is 1.14 bits per heavy atom. The molecule has 1 saturated carbocycles. The Kier molecular flexibility index (Phi) is 7.50. The van der Waals surface area contributed by atoms with Crippen LogP contribution in [-0.4, -0.2) is 33.5 Å². The number of hydrogen-bond donors (Lipinski definition) is 3. The molecule has 0 atom stereocenters. The van der Waals surface area contributed by atoms with Gasteiger partial charge >= 0.3 is 0 Å². The fourth-order valence-corrected chi connectivity index (χ4v) is 4.55. The fraction of sp³-hybridized carbons (Fsp3) is 0.571. The predicted octanol–water partition coefficient (Wildman–Crippen LogP) is 3.07. The van der Waals surface area contributed by atoms with Crippen molar-refractivity contribution < 1.29 is 8.42 Å². The molecule has 0 bridgehead atoms. The maximum atomic E-state index is 12.2. The van der Waals surface area contributed by atoms with Crippen molar-refractivity contribution in [2.75, 3.05) is 13.1 Å². The normalized spacial score (nSPS) is 17.9. The van der Waals surface area contributed by atoms with Gasteiger partial charge in [-0.15, -0.1) is 0 Å². The summed E-state index contributed by atoms with van der Waals surface area (Å²) in [5, 5.41) is 6.66. The number of aliphatic imine (C=N–C) groups is 1. The number of allylic oxidation sites excluding steroid dienone is 1. The minimum absolute atomic E-state index is 0.118. The summed E-state index contributed by atoms with van der Waals surface area (Å²) < 4.78 is 27.2. The fourth-order valence-electron chi connectivity index (χ4n) is 3.25. The molecular formula is C21H32N4O2S. The van der Waals surface area contributed by atoms with Crippen LogP contribution in [0.15, 0.2) is 45.8 Å². The quantitative estimate of drug-likeness (QED) is 0.336. The first kappa shape index (κ1) is 20.9. The molecule has 0 radical (unpaired) electrons. The number of guanidine groups is 1. The molecule has 0 aromatic heterocycles. The largest absolute Gasteiger partial charge is 0.357 e. The van der Waals surface area contributed by atoms with Crippen LogP contribution in [0, 0.1) is 0 Å². The average molecular weight is 405 g/mol. The summed E-state index contributed by atoms with van der Waals surface area (Å²) in [6.07, 6.45) is 10.4. The Bertz CT molecular complexity index is 796. The van der Waals surface area contributed by atoms with E-state index in [1.54, 1.807) is 17.7 Å². The van der Waals surface area contributed by atoms with E-state index < -0.39 is 10.0 Å². The summed E-state index contributed by atoms with van der Waals surface area (Å²) >= 11 is 0. The van der Waals surface area contributed by atoms with Gasteiger partial charge < -0.3 is 10.6 Å². The zero-order valence-electron chi connectivity index (χ0n) is 16.7. The highest BCUT2D eigenvalue weighted by atomic mass is 32.2. The van der Waals surface area contributed by atoms with Gasteiger partial charge in [0, 0.05) is 19.1 Å². The molecule has 0 heterocycles. The van der Waals surface area contributed by atoms with Crippen LogP contribution in [0.1, 0.15) is 57.4 Å². The molecule has 7 heteroatoms. The average Bonchev–Trinajstić information content (AvgIpc) is 3.50. The van der Waals surface area contributed by atoms with Gasteiger partial charge in [-0.2, -0.15) is 0 Å². The highest BCUT2D eigenvalue weighted by molar-refractivity contribution is 7.89. The molecule has 1 aromatic rings. The minimum atomic E-state index is -3.39. The molecule has 2 aliphatic rings. The van der Waals surface area contributed by atoms with Crippen molar-refractivity contribution in [2.24, 2.45) is 4.99 Å². The van der Waals surface area contributed by atoms with Gasteiger partial charge in [-0.05, 0) is 69.6 Å². The van der Waals surface area contributed by atoms with Gasteiger partial charge in [-0.1, -0.05) is 23.8 Å². The third kappa shape index (κ3) is 6.63. The Morgan fingerprint density at radius 2 is 1.93 bits per heavy atom. The van der Waals surface area contributed by atoms with Crippen LogP contribution in [0.5, 0.6) is 0 Å². The van der Waals surface area contributed by atoms with Gasteiger partial charge in [0.25, 0.3) is 0 Å². The van der Waals surface area contributed by atoms with Gasteiger partial charge in [0.2, 0.25) is 10.0 Å². The van der Waals surface area contributed by atoms with E-state index in [2.05, 4.69) is 26.4 Å². The lowest BCUT2D eigenvalue weighted by Gasteiger charge is -2.15. The van der Waals surface area contributed by atoms with Crippen LogP contribution in [0.2, 0.25) is 0 Å². The molecule has 1 aromatic carbocycles. The summed E-state index contributed by atoms with van der Waals surface area (Å²) in [5.74, 6) is 0.797. The second kappa shape index (κ2) is 10.1. The van der Waals surface area contributed by atoms with Gasteiger partial charge in [0.05, 0.1) is 11.4 Å². The second-order valence-corrected chi connectivity index (χ2v) is 9.23. The molecule has 0 aliphatic heterocycles. The third-order valence-corrected chi connectivity index (χ3v) is 6.56. The summed E-state index contributed by atoms with van der Waals surface area (Å²) in [7, 11) is -3.39. The molecule has 6 nitrogen and oxygen atoms in total. The van der Waals surface area contributed by atoms with Crippen LogP contribution in [0.4, 0.5) is 0 Å². The minimum Gasteiger partial charge on any atom is -0.357 e. The number of benzene rings is 1. The number of rotatable bonds is 9. The molecular weight excluding hydrogens is 372 g/mol. The summed E-state index contributed by atoms with van der Waals surface area (Å²) in [6, 6.07) is 7.10. The zero-order chi connectivity index (χ0) is 19.8. The molecule has 3 rings (SSSR count). The molecule has 3 N–H and O–H groups in total. The van der Waals surface area contributed by atoms with E-state index in [0.29, 0.717) is 11.4 Å². The smallest absolute Gasteiger partial charge is 0.240 e. The van der Waals surface area contributed by atoms with Crippen molar-refractivity contribution in [3.63, 3.8) is 0 Å². The van der Waals surface area contributed by atoms with Crippen molar-refractivity contribution in [2.45, 2.75) is 69.4 Å². The van der Waals surface area contributed by atoms with E-state index in [-0.39, 0.29) is 6.04 Å². The summed E-state index contributed by atoms with van der Waals surface area (Å²) in [4.78, 5) is 4.94. The van der Waals surface area contributed by atoms with Crippen LogP contribution in [0.3, 0.4) is 0 Å². The molecule has 0 saturated heterocycles. The van der Waals surface area contributed by atoms with Crippen molar-refractivity contribution in [3.05, 3.63) is 41.5 Å². The topological polar surface area (TPSA) is 82.6 Å². The second-order valence-electron chi connectivity index (χ2n) is 7.52. The van der Waals surface area contributed by atoms with E-state index in [1.807, 2.05) is 19.1 Å². The first-order valence-corrected chi connectivity index (χ1v) is 11.9. The zero-order valence-corrected chi connectivity index (χ0v) is 17.5. The van der Waals surface area contributed by atoms with Gasteiger partial charge in [0.1, 0.15) is 0 Å². The Labute approximate surface area is 169 Å². The predicted molar refractivity (Wildman–Crippen MR) is 114 cm³/mol. The molecule has 0 spiro atoms. The van der Waals surface area contributed by atoms with E-state index >= 15 is 0 Å². The molecule has 0 unspecified atom stereocenters. The third-order valence-electron chi connectivity index (χ3n) is 5.02. The lowest BCUT2D eigenvalue weighted by Crippen LogP contribution is -2.37. The highest BCUT2D eigenvalue weighted by Crippen LogP contribution is 2.22. The van der Waals surface area contributed by atoms with E-state index in [0.717, 1.165) is 43.9 Å². The molecule has 0 amide bonds. The Morgan fingerprint density at radius 3 is 2.57 bits per heavy atom. The lowest BCUT2D eigenvalue weighted by molar-refractivity contribution is 0.581. The van der Waals surface area contributed by atoms with Gasteiger partial charge in [-0.25, -0.2) is 18.1 Å². The van der Waals surface area contributed by atoms with Crippen LogP contribution in [-0.2, 0) is 16.6 Å². The maximum absolute atomic E-state index is 12.2. The number of hydrogen-bond acceptors (Lipinski definition) is 3. The number of nitrogens with one attached hydrogen (secondary N) is 3. The summed E-state index contributed by atoms with van der Waals surface area (Å²) in [6.45, 7) is 4.24.